The van der Waals surface area contributed by atoms with E-state index >= 15 is 0 Å². The topological polar surface area (TPSA) is 110 Å². The smallest absolute Gasteiger partial charge is 0.416 e. The number of thioether (sulfide) groups is 1. The number of hydrogen-bond donors (Lipinski definition) is 1. The largest absolute Gasteiger partial charge is 0.480 e. The number of carboxylic acids is 1. The van der Waals surface area contributed by atoms with E-state index in [0.29, 0.717) is 17.7 Å². The van der Waals surface area contributed by atoms with Crippen molar-refractivity contribution in [3.05, 3.63) is 68.6 Å². The highest BCUT2D eigenvalue weighted by Crippen LogP contribution is 2.38. The summed E-state index contributed by atoms with van der Waals surface area (Å²) in [6.07, 6.45) is -3.26. The predicted octanol–water partition coefficient (Wildman–Crippen LogP) is 4.69. The number of amides is 1. The van der Waals surface area contributed by atoms with Crippen molar-refractivity contribution in [3.63, 3.8) is 0 Å². The van der Waals surface area contributed by atoms with Gasteiger partial charge in [0.2, 0.25) is 5.75 Å². The fraction of sp³-hybridized carbons (Fsp3) is 0.105. The average molecular weight is 484 g/mol. The van der Waals surface area contributed by atoms with Crippen LogP contribution in [0.4, 0.5) is 18.9 Å². The van der Waals surface area contributed by atoms with E-state index in [0.717, 1.165) is 22.7 Å². The Bertz CT molecular complexity index is 1150. The van der Waals surface area contributed by atoms with Crippen LogP contribution in [0.3, 0.4) is 0 Å². The maximum atomic E-state index is 12.8. The number of hydrogen-bond acceptors (Lipinski definition) is 7. The highest BCUT2D eigenvalue weighted by Gasteiger charge is 2.34. The van der Waals surface area contributed by atoms with Crippen LogP contribution in [0.15, 0.2) is 47.4 Å². The number of thiocarbonyl (C=S) groups is 1. The van der Waals surface area contributed by atoms with Crippen LogP contribution in [0.25, 0.3) is 6.08 Å². The molecule has 32 heavy (non-hydrogen) atoms. The number of nitrogens with zero attached hydrogens (tertiary/aromatic N) is 2. The van der Waals surface area contributed by atoms with Crippen LogP contribution >= 0.6 is 24.0 Å². The van der Waals surface area contributed by atoms with E-state index < -0.39 is 40.8 Å². The third kappa shape index (κ3) is 5.23. The zero-order valence-corrected chi connectivity index (χ0v) is 17.3. The molecule has 1 fully saturated rings. The maximum Gasteiger partial charge on any atom is 0.416 e. The molecule has 2 aromatic carbocycles. The Hall–Kier alpha value is -3.45. The fourth-order valence-corrected chi connectivity index (χ4v) is 3.86. The second-order valence-electron chi connectivity index (χ2n) is 6.27. The van der Waals surface area contributed by atoms with Gasteiger partial charge < -0.3 is 9.84 Å². The Kier molecular flexibility index (Phi) is 6.50. The number of nitro groups is 1. The molecule has 0 saturated carbocycles. The number of carbonyl (C=O) groups is 2. The molecule has 0 aromatic heterocycles. The van der Waals surface area contributed by atoms with Gasteiger partial charge in [0.15, 0.2) is 0 Å². The Morgan fingerprint density at radius 2 is 1.91 bits per heavy atom. The van der Waals surface area contributed by atoms with E-state index in [1.54, 1.807) is 0 Å². The molecule has 2 aromatic rings. The number of aliphatic carboxylic acids is 1. The molecule has 1 N–H and O–H groups in total. The first-order chi connectivity index (χ1) is 15.0. The van der Waals surface area contributed by atoms with E-state index in [4.69, 9.17) is 22.1 Å². The third-order valence-corrected chi connectivity index (χ3v) is 5.43. The zero-order chi connectivity index (χ0) is 23.6. The van der Waals surface area contributed by atoms with Crippen molar-refractivity contribution in [1.82, 2.24) is 4.90 Å². The minimum Gasteiger partial charge on any atom is -0.480 e. The number of rotatable bonds is 6. The van der Waals surface area contributed by atoms with Gasteiger partial charge in [0.1, 0.15) is 16.6 Å². The number of carbonyl (C=O) groups excluding carboxylic acids is 1. The fourth-order valence-electron chi connectivity index (χ4n) is 2.60. The van der Waals surface area contributed by atoms with Gasteiger partial charge in [-0.2, -0.15) is 13.2 Å². The van der Waals surface area contributed by atoms with Crippen molar-refractivity contribution in [1.29, 1.82) is 0 Å². The van der Waals surface area contributed by atoms with Gasteiger partial charge in [-0.15, -0.1) is 0 Å². The lowest BCUT2D eigenvalue weighted by Crippen LogP contribution is -2.33. The van der Waals surface area contributed by atoms with Crippen LogP contribution in [-0.4, -0.2) is 37.7 Å². The van der Waals surface area contributed by atoms with Crippen LogP contribution in [0.5, 0.6) is 11.5 Å². The Morgan fingerprint density at radius 3 is 2.47 bits per heavy atom. The molecule has 0 unspecified atom stereocenters. The van der Waals surface area contributed by atoms with E-state index in [1.807, 2.05) is 0 Å². The van der Waals surface area contributed by atoms with Gasteiger partial charge in [-0.3, -0.25) is 24.6 Å². The van der Waals surface area contributed by atoms with E-state index in [1.165, 1.54) is 30.3 Å². The molecule has 1 aliphatic rings. The Labute approximate surface area is 187 Å². The molecule has 0 atom stereocenters. The zero-order valence-electron chi connectivity index (χ0n) is 15.7. The number of benzene rings is 2. The lowest BCUT2D eigenvalue weighted by molar-refractivity contribution is -0.385. The number of carboxylic acid groups (broad SMARTS) is 1. The first kappa shape index (κ1) is 23.2. The minimum absolute atomic E-state index is 0.109. The minimum atomic E-state index is -4.74. The second-order valence-corrected chi connectivity index (χ2v) is 7.95. The molecule has 3 rings (SSSR count). The summed E-state index contributed by atoms with van der Waals surface area (Å²) in [5, 5.41) is 20.0. The third-order valence-electron chi connectivity index (χ3n) is 4.06. The molecule has 8 nitrogen and oxygen atoms in total. The van der Waals surface area contributed by atoms with Crippen LogP contribution in [-0.2, 0) is 15.8 Å². The lowest BCUT2D eigenvalue weighted by atomic mass is 10.1. The number of alkyl halides is 3. The molecular weight excluding hydrogens is 473 g/mol. The predicted molar refractivity (Wildman–Crippen MR) is 112 cm³/mol. The molecule has 0 aliphatic carbocycles. The molecule has 1 amide bonds. The SMILES string of the molecule is O=C(O)CN1C(=O)/C(=C/c2ccc(Oc3ccc(C(F)(F)F)cc3[N+](=O)[O-])cc2)SC1=S. The average Bonchev–Trinajstić information content (AvgIpc) is 2.95. The molecule has 166 valence electrons. The Morgan fingerprint density at radius 1 is 1.25 bits per heavy atom. The molecule has 0 spiro atoms. The first-order valence-electron chi connectivity index (χ1n) is 8.56. The van der Waals surface area contributed by atoms with E-state index in [2.05, 4.69) is 0 Å². The van der Waals surface area contributed by atoms with Crippen molar-refractivity contribution >= 4 is 51.9 Å². The summed E-state index contributed by atoms with van der Waals surface area (Å²) in [4.78, 5) is 34.5. The second kappa shape index (κ2) is 8.96. The van der Waals surface area contributed by atoms with E-state index in [-0.39, 0.29) is 20.7 Å². The van der Waals surface area contributed by atoms with Crippen molar-refractivity contribution in [2.45, 2.75) is 6.18 Å². The number of ether oxygens (including phenoxy) is 1. The van der Waals surface area contributed by atoms with Crippen molar-refractivity contribution in [3.8, 4) is 11.5 Å². The molecule has 0 radical (unpaired) electrons. The van der Waals surface area contributed by atoms with Gasteiger partial charge in [-0.1, -0.05) is 36.1 Å². The standard InChI is InChI=1S/C19H11F3N2O6S2/c20-19(21,22)11-3-6-14(13(8-11)24(28)29)30-12-4-1-10(2-5-12)7-15-17(27)23(9-16(25)26)18(31)32-15/h1-8H,9H2,(H,25,26)/b15-7-. The van der Waals surface area contributed by atoms with Crippen molar-refractivity contribution in [2.75, 3.05) is 6.54 Å². The summed E-state index contributed by atoms with van der Waals surface area (Å²) >= 11 is 5.95. The summed E-state index contributed by atoms with van der Waals surface area (Å²) in [5.41, 5.74) is -1.49. The highest BCUT2D eigenvalue weighted by molar-refractivity contribution is 8.26. The molecule has 0 bridgehead atoms. The van der Waals surface area contributed by atoms with Crippen LogP contribution < -0.4 is 4.74 Å². The quantitative estimate of drug-likeness (QED) is 0.272. The van der Waals surface area contributed by atoms with Gasteiger partial charge in [-0.05, 0) is 35.9 Å². The molecule has 13 heteroatoms. The van der Waals surface area contributed by atoms with Crippen molar-refractivity contribution < 1.29 is 37.5 Å². The molecule has 1 aliphatic heterocycles. The van der Waals surface area contributed by atoms with Gasteiger partial charge in [0.05, 0.1) is 15.4 Å². The monoisotopic (exact) mass is 484 g/mol. The van der Waals surface area contributed by atoms with Crippen LogP contribution in [0, 0.1) is 10.1 Å². The van der Waals surface area contributed by atoms with E-state index in [9.17, 15) is 32.9 Å². The van der Waals surface area contributed by atoms with Gasteiger partial charge in [0, 0.05) is 6.07 Å². The lowest BCUT2D eigenvalue weighted by Gasteiger charge is -2.10. The summed E-state index contributed by atoms with van der Waals surface area (Å²) in [7, 11) is 0. The Balaban J connectivity index is 1.79. The summed E-state index contributed by atoms with van der Waals surface area (Å²) in [5.74, 6) is -2.02. The molecule has 1 saturated heterocycles. The highest BCUT2D eigenvalue weighted by atomic mass is 32.2. The number of halogens is 3. The van der Waals surface area contributed by atoms with Gasteiger partial charge in [0.25, 0.3) is 5.91 Å². The first-order valence-corrected chi connectivity index (χ1v) is 9.79. The van der Waals surface area contributed by atoms with Crippen LogP contribution in [0.1, 0.15) is 11.1 Å². The van der Waals surface area contributed by atoms with Crippen molar-refractivity contribution in [2.24, 2.45) is 0 Å². The van der Waals surface area contributed by atoms with Crippen LogP contribution in [0.2, 0.25) is 0 Å². The van der Waals surface area contributed by atoms with Gasteiger partial charge in [-0.25, -0.2) is 0 Å². The van der Waals surface area contributed by atoms with Gasteiger partial charge >= 0.3 is 17.8 Å². The summed E-state index contributed by atoms with van der Waals surface area (Å²) < 4.78 is 43.9. The normalized spacial score (nSPS) is 15.3. The number of nitro benzene ring substituents is 1. The summed E-state index contributed by atoms with van der Waals surface area (Å²) in [6, 6.07) is 7.77. The molecule has 1 heterocycles. The molecular formula is C19H11F3N2O6S2. The maximum absolute atomic E-state index is 12.8. The summed E-state index contributed by atoms with van der Waals surface area (Å²) in [6.45, 7) is -0.555.